The molecule has 1 aromatic carbocycles. The second-order valence-electron chi connectivity index (χ2n) is 5.03. The number of aliphatic hydroxyl groups excluding tert-OH is 1. The van der Waals surface area contributed by atoms with E-state index in [4.69, 9.17) is 5.11 Å². The van der Waals surface area contributed by atoms with Crippen molar-refractivity contribution >= 4 is 11.4 Å². The fraction of sp³-hybridized carbons (Fsp3) is 0.250. The quantitative estimate of drug-likeness (QED) is 0.724. The highest BCUT2D eigenvalue weighted by Gasteiger charge is 2.18. The van der Waals surface area contributed by atoms with Crippen LogP contribution in [0.2, 0.25) is 0 Å². The third-order valence-electron chi connectivity index (χ3n) is 3.42. The molecule has 0 saturated carbocycles. The van der Waals surface area contributed by atoms with Crippen LogP contribution in [0.3, 0.4) is 0 Å². The van der Waals surface area contributed by atoms with Gasteiger partial charge < -0.3 is 15.3 Å². The van der Waals surface area contributed by atoms with E-state index in [1.54, 1.807) is 0 Å². The van der Waals surface area contributed by atoms with Crippen molar-refractivity contribution in [3.63, 3.8) is 0 Å². The SMILES string of the molecule is Cc1c(C#N)c(O)n(CCCO)c(=O)c1N=Nc1ccc(O)cc1. The Labute approximate surface area is 137 Å². The Balaban J connectivity index is 2.54. The van der Waals surface area contributed by atoms with E-state index in [1.165, 1.54) is 31.2 Å². The van der Waals surface area contributed by atoms with E-state index in [0.29, 0.717) is 5.69 Å². The smallest absolute Gasteiger partial charge is 0.281 e. The molecule has 0 atom stereocenters. The van der Waals surface area contributed by atoms with Crippen LogP contribution in [0.5, 0.6) is 11.6 Å². The second kappa shape index (κ2) is 7.39. The van der Waals surface area contributed by atoms with Crippen molar-refractivity contribution < 1.29 is 15.3 Å². The maximum absolute atomic E-state index is 12.5. The zero-order valence-corrected chi connectivity index (χ0v) is 13.0. The van der Waals surface area contributed by atoms with Gasteiger partial charge in [0.1, 0.15) is 17.4 Å². The summed E-state index contributed by atoms with van der Waals surface area (Å²) in [5.74, 6) is -0.370. The molecule has 8 nitrogen and oxygen atoms in total. The van der Waals surface area contributed by atoms with Gasteiger partial charge in [-0.15, -0.1) is 5.11 Å². The molecule has 24 heavy (non-hydrogen) atoms. The molecule has 0 unspecified atom stereocenters. The van der Waals surface area contributed by atoms with Crippen LogP contribution in [-0.2, 0) is 6.54 Å². The van der Waals surface area contributed by atoms with Crippen LogP contribution in [0.4, 0.5) is 11.4 Å². The summed E-state index contributed by atoms with van der Waals surface area (Å²) in [5, 5.41) is 45.3. The van der Waals surface area contributed by atoms with Gasteiger partial charge in [-0.05, 0) is 37.6 Å². The van der Waals surface area contributed by atoms with E-state index in [1.807, 2.05) is 6.07 Å². The van der Waals surface area contributed by atoms with Gasteiger partial charge in [0.15, 0.2) is 5.69 Å². The second-order valence-corrected chi connectivity index (χ2v) is 5.03. The van der Waals surface area contributed by atoms with E-state index < -0.39 is 11.4 Å². The monoisotopic (exact) mass is 328 g/mol. The fourth-order valence-electron chi connectivity index (χ4n) is 2.12. The first-order valence-corrected chi connectivity index (χ1v) is 7.17. The van der Waals surface area contributed by atoms with Crippen LogP contribution >= 0.6 is 0 Å². The number of benzene rings is 1. The zero-order chi connectivity index (χ0) is 17.7. The first-order chi connectivity index (χ1) is 11.5. The van der Waals surface area contributed by atoms with Gasteiger partial charge in [0, 0.05) is 18.7 Å². The Morgan fingerprint density at radius 2 is 1.88 bits per heavy atom. The van der Waals surface area contributed by atoms with Crippen LogP contribution in [0.25, 0.3) is 0 Å². The van der Waals surface area contributed by atoms with Crippen molar-refractivity contribution in [3.8, 4) is 17.7 Å². The van der Waals surface area contributed by atoms with Gasteiger partial charge in [0.25, 0.3) is 5.56 Å². The Morgan fingerprint density at radius 1 is 1.21 bits per heavy atom. The summed E-state index contributed by atoms with van der Waals surface area (Å²) in [4.78, 5) is 12.5. The molecule has 2 rings (SSSR count). The molecule has 0 aliphatic heterocycles. The lowest BCUT2D eigenvalue weighted by atomic mass is 10.1. The summed E-state index contributed by atoms with van der Waals surface area (Å²) in [7, 11) is 0. The molecule has 124 valence electrons. The highest BCUT2D eigenvalue weighted by atomic mass is 16.3. The molecule has 2 aromatic rings. The van der Waals surface area contributed by atoms with E-state index >= 15 is 0 Å². The molecular weight excluding hydrogens is 312 g/mol. The average molecular weight is 328 g/mol. The highest BCUT2D eigenvalue weighted by Crippen LogP contribution is 2.27. The first-order valence-electron chi connectivity index (χ1n) is 7.17. The van der Waals surface area contributed by atoms with Gasteiger partial charge in [0.2, 0.25) is 5.88 Å². The molecule has 1 heterocycles. The Morgan fingerprint density at radius 3 is 2.46 bits per heavy atom. The van der Waals surface area contributed by atoms with Crippen LogP contribution in [0.1, 0.15) is 17.5 Å². The van der Waals surface area contributed by atoms with Crippen molar-refractivity contribution in [1.29, 1.82) is 5.26 Å². The molecule has 0 radical (unpaired) electrons. The van der Waals surface area contributed by atoms with Crippen LogP contribution < -0.4 is 5.56 Å². The lowest BCUT2D eigenvalue weighted by Crippen LogP contribution is -2.22. The predicted molar refractivity (Wildman–Crippen MR) is 85.8 cm³/mol. The zero-order valence-electron chi connectivity index (χ0n) is 13.0. The van der Waals surface area contributed by atoms with E-state index in [2.05, 4.69) is 10.2 Å². The number of azo groups is 1. The molecule has 1 aromatic heterocycles. The highest BCUT2D eigenvalue weighted by molar-refractivity contribution is 5.56. The minimum Gasteiger partial charge on any atom is -0.508 e. The summed E-state index contributed by atoms with van der Waals surface area (Å²) < 4.78 is 0.993. The molecule has 0 fully saturated rings. The molecule has 0 aliphatic carbocycles. The fourth-order valence-corrected chi connectivity index (χ4v) is 2.12. The number of aromatic nitrogens is 1. The molecule has 0 aliphatic rings. The van der Waals surface area contributed by atoms with Gasteiger partial charge in [-0.25, -0.2) is 0 Å². The van der Waals surface area contributed by atoms with Gasteiger partial charge in [-0.1, -0.05) is 0 Å². The molecule has 0 amide bonds. The topological polar surface area (TPSA) is 131 Å². The number of hydrogen-bond acceptors (Lipinski definition) is 7. The van der Waals surface area contributed by atoms with Gasteiger partial charge in [0.05, 0.1) is 5.69 Å². The molecule has 8 heteroatoms. The number of nitrogens with zero attached hydrogens (tertiary/aromatic N) is 4. The molecule has 0 saturated heterocycles. The Bertz CT molecular complexity index is 864. The number of hydrogen-bond donors (Lipinski definition) is 3. The van der Waals surface area contributed by atoms with Crippen molar-refractivity contribution in [3.05, 3.63) is 45.7 Å². The molecule has 3 N–H and O–H groups in total. The number of phenolic OH excluding ortho intramolecular Hbond substituents is 1. The third kappa shape index (κ3) is 3.42. The first kappa shape index (κ1) is 17.2. The molecular formula is C16H16N4O4. The van der Waals surface area contributed by atoms with E-state index in [-0.39, 0.29) is 42.1 Å². The number of nitriles is 1. The summed E-state index contributed by atoms with van der Waals surface area (Å²) in [6.45, 7) is 1.39. The van der Waals surface area contributed by atoms with Crippen molar-refractivity contribution in [2.75, 3.05) is 6.61 Å². The minimum absolute atomic E-state index is 0.0534. The molecule has 0 bridgehead atoms. The lowest BCUT2D eigenvalue weighted by Gasteiger charge is -2.12. The maximum Gasteiger partial charge on any atom is 0.281 e. The molecule has 0 spiro atoms. The number of aromatic hydroxyl groups is 2. The summed E-state index contributed by atoms with van der Waals surface area (Å²) in [6, 6.07) is 7.74. The third-order valence-corrected chi connectivity index (χ3v) is 3.42. The normalized spacial score (nSPS) is 10.9. The van der Waals surface area contributed by atoms with Crippen molar-refractivity contribution in [1.82, 2.24) is 4.57 Å². The maximum atomic E-state index is 12.5. The van der Waals surface area contributed by atoms with Crippen LogP contribution in [-0.4, -0.2) is 26.5 Å². The van der Waals surface area contributed by atoms with E-state index in [0.717, 1.165) is 4.57 Å². The largest absolute Gasteiger partial charge is 0.508 e. The number of rotatable bonds is 5. The van der Waals surface area contributed by atoms with E-state index in [9.17, 15) is 20.3 Å². The number of phenols is 1. The summed E-state index contributed by atoms with van der Waals surface area (Å²) in [5.41, 5.74) is -0.0783. The van der Waals surface area contributed by atoms with Crippen LogP contribution in [0, 0.1) is 18.3 Å². The predicted octanol–water partition coefficient (Wildman–Crippen LogP) is 2.24. The van der Waals surface area contributed by atoms with Gasteiger partial charge in [-0.3, -0.25) is 9.36 Å². The Hall–Kier alpha value is -3.18. The Kier molecular flexibility index (Phi) is 5.29. The minimum atomic E-state index is -0.597. The summed E-state index contributed by atoms with van der Waals surface area (Å²) in [6.07, 6.45) is 0.246. The standard InChI is InChI=1S/C16H16N4O4/c1-10-13(9-17)15(23)20(7-2-8-21)16(24)14(10)19-18-11-3-5-12(22)6-4-11/h3-6,21-23H,2,7-8H2,1H3. The van der Waals surface area contributed by atoms with Crippen molar-refractivity contribution in [2.45, 2.75) is 19.9 Å². The number of pyridine rings is 1. The summed E-state index contributed by atoms with van der Waals surface area (Å²) >= 11 is 0. The number of aliphatic hydroxyl groups is 1. The average Bonchev–Trinajstić information content (AvgIpc) is 2.57. The van der Waals surface area contributed by atoms with Crippen LogP contribution in [0.15, 0.2) is 39.3 Å². The van der Waals surface area contributed by atoms with Gasteiger partial charge >= 0.3 is 0 Å². The van der Waals surface area contributed by atoms with Gasteiger partial charge in [-0.2, -0.15) is 10.4 Å². The lowest BCUT2D eigenvalue weighted by molar-refractivity contribution is 0.274. The van der Waals surface area contributed by atoms with Crippen molar-refractivity contribution in [2.24, 2.45) is 10.2 Å².